The molecule has 2 aliphatic rings. The Morgan fingerprint density at radius 2 is 0.947 bits per heavy atom. The van der Waals surface area contributed by atoms with E-state index in [9.17, 15) is 0 Å². The minimum absolute atomic E-state index is 0.496. The number of rotatable bonds is 4. The summed E-state index contributed by atoms with van der Waals surface area (Å²) in [6, 6.07) is 30.3. The first-order chi connectivity index (χ1) is 18.0. The van der Waals surface area contributed by atoms with Crippen LogP contribution < -0.4 is 0 Å². The molecule has 0 fully saturated rings. The second kappa shape index (κ2) is 9.31. The van der Waals surface area contributed by atoms with Gasteiger partial charge in [-0.15, -0.1) is 0 Å². The van der Waals surface area contributed by atoms with Gasteiger partial charge >= 0.3 is 241 Å². The quantitative estimate of drug-likeness (QED) is 0.197. The van der Waals surface area contributed by atoms with Crippen LogP contribution in [0.3, 0.4) is 0 Å². The molecule has 0 heterocycles. The monoisotopic (exact) mass is 628 g/mol. The molecule has 0 saturated carbocycles. The molecule has 4 heteroatoms. The van der Waals surface area contributed by atoms with Crippen molar-refractivity contribution in [3.05, 3.63) is 128 Å². The van der Waals surface area contributed by atoms with Crippen LogP contribution in [0.15, 0.2) is 96.1 Å². The van der Waals surface area contributed by atoms with Crippen molar-refractivity contribution in [3.8, 4) is 22.3 Å². The Balaban J connectivity index is 1.49. The number of halogens is 2. The number of hydrogen-bond donors (Lipinski definition) is 0. The molecule has 38 heavy (non-hydrogen) atoms. The molecule has 0 amide bonds. The van der Waals surface area contributed by atoms with Crippen molar-refractivity contribution >= 4 is 42.2 Å². The Labute approximate surface area is 238 Å². The molecule has 0 radical (unpaired) electrons. The van der Waals surface area contributed by atoms with Gasteiger partial charge in [0.1, 0.15) is 0 Å². The standard InChI is InChI=1S/2C16H12Cl.2CH3.H2Si.Zr/c2*1-11-9-13-3-2-4-15(16(13)10-11)12-5-7-14(17)8-6-12;;;;/h2*2-10H,1H3;2*1H3;1H2;. The number of allylic oxidation sites excluding steroid dienone is 2. The van der Waals surface area contributed by atoms with Gasteiger partial charge in [-0.05, 0) is 0 Å². The number of benzene rings is 4. The van der Waals surface area contributed by atoms with E-state index < -0.39 is 17.4 Å². The van der Waals surface area contributed by atoms with Crippen LogP contribution in [-0.4, -0.2) is 6.88 Å². The molecule has 0 bridgehead atoms. The molecule has 0 nitrogen and oxygen atoms in total. The summed E-state index contributed by atoms with van der Waals surface area (Å²) in [5.74, 6) is 0. The molecule has 190 valence electrons. The average Bonchev–Trinajstić information content (AvgIpc) is 3.41. The summed E-state index contributed by atoms with van der Waals surface area (Å²) in [5.41, 5.74) is 13.9. The van der Waals surface area contributed by atoms with Gasteiger partial charge in [0.25, 0.3) is 0 Å². The molecule has 6 rings (SSSR count). The van der Waals surface area contributed by atoms with E-state index in [4.69, 9.17) is 23.2 Å². The molecule has 4 aromatic carbocycles. The van der Waals surface area contributed by atoms with Crippen LogP contribution in [-0.2, 0) is 17.4 Å². The van der Waals surface area contributed by atoms with Crippen molar-refractivity contribution in [1.82, 2.24) is 0 Å². The summed E-state index contributed by atoms with van der Waals surface area (Å²) < 4.78 is 6.38. The SMILES string of the molecule is CC1=Cc2c(-c3ccc(Cl)cc3)cccc2[CH]1[Zr]([CH3])([CH3])(=[SiH2])[CH]1C(C)=Cc2c(-c3ccc(Cl)cc3)cccc21. The van der Waals surface area contributed by atoms with Gasteiger partial charge in [0.05, 0.1) is 0 Å². The zero-order chi connectivity index (χ0) is 26.8. The van der Waals surface area contributed by atoms with E-state index in [0.717, 1.165) is 10.0 Å². The Bertz CT molecular complexity index is 1600. The molecule has 2 aliphatic carbocycles. The molecule has 0 saturated heterocycles. The van der Waals surface area contributed by atoms with Crippen LogP contribution in [0.1, 0.15) is 43.4 Å². The summed E-state index contributed by atoms with van der Waals surface area (Å²) in [5, 5.41) is 1.55. The Morgan fingerprint density at radius 1 is 0.579 bits per heavy atom. The molecule has 2 unspecified atom stereocenters. The first kappa shape index (κ1) is 26.3. The predicted molar refractivity (Wildman–Crippen MR) is 167 cm³/mol. The molecule has 2 atom stereocenters. The molecule has 0 N–H and O–H groups in total. The van der Waals surface area contributed by atoms with E-state index in [1.165, 1.54) is 55.7 Å². The van der Waals surface area contributed by atoms with Crippen molar-refractivity contribution < 1.29 is 17.4 Å². The maximum absolute atomic E-state index is 6.21. The molecule has 0 aromatic heterocycles. The zero-order valence-corrected chi connectivity index (χ0v) is 27.7. The Kier molecular flexibility index (Phi) is 6.44. The fourth-order valence-electron chi connectivity index (χ4n) is 7.55. The van der Waals surface area contributed by atoms with Crippen LogP contribution >= 0.6 is 23.2 Å². The Morgan fingerprint density at radius 3 is 1.32 bits per heavy atom. The second-order valence-corrected chi connectivity index (χ2v) is 43.6. The second-order valence-electron chi connectivity index (χ2n) is 12.2. The number of hydrogen-bond acceptors (Lipinski definition) is 0. The van der Waals surface area contributed by atoms with Gasteiger partial charge in [0.2, 0.25) is 0 Å². The van der Waals surface area contributed by atoms with E-state index in [0.29, 0.717) is 7.25 Å². The summed E-state index contributed by atoms with van der Waals surface area (Å²) in [6.45, 7) is 7.12. The van der Waals surface area contributed by atoms with Gasteiger partial charge in [-0.3, -0.25) is 0 Å². The van der Waals surface area contributed by atoms with Crippen LogP contribution in [0.25, 0.3) is 34.4 Å². The maximum atomic E-state index is 6.21. The van der Waals surface area contributed by atoms with Crippen molar-refractivity contribution in [2.45, 2.75) is 30.4 Å². The van der Waals surface area contributed by atoms with Crippen LogP contribution in [0, 0.1) is 0 Å². The van der Waals surface area contributed by atoms with Gasteiger partial charge in [-0.2, -0.15) is 0 Å². The topological polar surface area (TPSA) is 0 Å². The summed E-state index contributed by atoms with van der Waals surface area (Å²) in [7, 11) is 0. The van der Waals surface area contributed by atoms with E-state index in [-0.39, 0.29) is 0 Å². The van der Waals surface area contributed by atoms with Crippen LogP contribution in [0.5, 0.6) is 0 Å². The zero-order valence-electron chi connectivity index (χ0n) is 22.4. The van der Waals surface area contributed by atoms with E-state index in [1.54, 1.807) is 0 Å². The summed E-state index contributed by atoms with van der Waals surface area (Å²) in [4.78, 5) is 0. The van der Waals surface area contributed by atoms with E-state index in [1.807, 2.05) is 24.3 Å². The van der Waals surface area contributed by atoms with E-state index >= 15 is 0 Å². The van der Waals surface area contributed by atoms with Crippen LogP contribution in [0.2, 0.25) is 19.3 Å². The van der Waals surface area contributed by atoms with Crippen LogP contribution in [0.4, 0.5) is 0 Å². The van der Waals surface area contributed by atoms with Crippen molar-refractivity contribution in [1.29, 1.82) is 0 Å². The van der Waals surface area contributed by atoms with Gasteiger partial charge in [0, 0.05) is 0 Å². The summed E-state index contributed by atoms with van der Waals surface area (Å²) in [6.07, 6.45) is 4.94. The fourth-order valence-corrected chi connectivity index (χ4v) is 29.1. The third kappa shape index (κ3) is 4.20. The van der Waals surface area contributed by atoms with Gasteiger partial charge in [-0.1, -0.05) is 0 Å². The summed E-state index contributed by atoms with van der Waals surface area (Å²) >= 11 is 8.88. The van der Waals surface area contributed by atoms with Crippen molar-refractivity contribution in [2.75, 3.05) is 0 Å². The van der Waals surface area contributed by atoms with Crippen molar-refractivity contribution in [3.63, 3.8) is 0 Å². The first-order valence-corrected chi connectivity index (χ1v) is 27.7. The molecule has 0 aliphatic heterocycles. The first-order valence-electron chi connectivity index (χ1n) is 13.2. The molecule has 4 aromatic rings. The normalized spacial score (nSPS) is 18.6. The minimum atomic E-state index is -3.55. The molecular weight excluding hydrogens is 599 g/mol. The van der Waals surface area contributed by atoms with Crippen molar-refractivity contribution in [2.24, 2.45) is 0 Å². The third-order valence-corrected chi connectivity index (χ3v) is 27.2. The molecular formula is C34H32Cl2SiZr. The average molecular weight is 631 g/mol. The van der Waals surface area contributed by atoms with Gasteiger partial charge < -0.3 is 0 Å². The van der Waals surface area contributed by atoms with E-state index in [2.05, 4.69) is 103 Å². The third-order valence-electron chi connectivity index (χ3n) is 8.76. The van der Waals surface area contributed by atoms with Gasteiger partial charge in [0.15, 0.2) is 0 Å². The van der Waals surface area contributed by atoms with Gasteiger partial charge in [-0.25, -0.2) is 0 Å². The predicted octanol–water partition coefficient (Wildman–Crippen LogP) is 10.3. The molecule has 0 spiro atoms. The number of fused-ring (bicyclic) bond motifs is 2. The Hall–Kier alpha value is -1.96. The fraction of sp³-hybridized carbons (Fsp3) is 0.176.